The number of hydrogen-bond acceptors (Lipinski definition) is 5. The van der Waals surface area contributed by atoms with Gasteiger partial charge in [0.2, 0.25) is 5.91 Å². The van der Waals surface area contributed by atoms with Gasteiger partial charge in [-0.05, 0) is 54.4 Å². The first-order chi connectivity index (χ1) is 17.0. The summed E-state index contributed by atoms with van der Waals surface area (Å²) >= 11 is 0. The predicted molar refractivity (Wildman–Crippen MR) is 140 cm³/mol. The number of pyridine rings is 1. The summed E-state index contributed by atoms with van der Waals surface area (Å²) in [6, 6.07) is 17.5. The molecule has 0 atom stereocenters. The molecule has 1 saturated heterocycles. The fourth-order valence-corrected chi connectivity index (χ4v) is 4.14. The molecule has 4 rings (SSSR count). The summed E-state index contributed by atoms with van der Waals surface area (Å²) in [6.07, 6.45) is 6.88. The second-order valence-corrected chi connectivity index (χ2v) is 9.14. The number of aromatic nitrogens is 1. The molecule has 6 heteroatoms. The molecule has 3 aromatic rings. The zero-order chi connectivity index (χ0) is 24.6. The molecule has 1 aliphatic rings. The van der Waals surface area contributed by atoms with Crippen molar-refractivity contribution in [3.8, 4) is 0 Å². The number of anilines is 1. The quantitative estimate of drug-likeness (QED) is 0.396. The minimum Gasteiger partial charge on any atom is -0.322 e. The lowest BCUT2D eigenvalue weighted by Crippen LogP contribution is -2.43. The topological polar surface area (TPSA) is 65.5 Å². The van der Waals surface area contributed by atoms with Crippen molar-refractivity contribution in [3.63, 3.8) is 0 Å². The number of nitrogens with zero attached hydrogens (tertiary/aromatic N) is 3. The standard InChI is InChI=1S/C29H32N4O2/c1-22-8-10-26(19-27(22)31-29(35)11-9-23-7-4-12-30-20-23)28(34)18-24-5-3-6-25(17-24)21-33-15-13-32(2)14-16-33/h3-12,17,19-20H,13-16,18,21H2,1-2H3,(H,31,35)/b11-9+. The van der Waals surface area contributed by atoms with E-state index in [1.807, 2.05) is 43.3 Å². The van der Waals surface area contributed by atoms with Crippen LogP contribution >= 0.6 is 0 Å². The molecule has 180 valence electrons. The van der Waals surface area contributed by atoms with Crippen LogP contribution in [0.5, 0.6) is 0 Å². The maximum Gasteiger partial charge on any atom is 0.248 e. The Morgan fingerprint density at radius 1 is 1.00 bits per heavy atom. The van der Waals surface area contributed by atoms with Crippen molar-refractivity contribution in [1.29, 1.82) is 0 Å². The van der Waals surface area contributed by atoms with Gasteiger partial charge in [-0.25, -0.2) is 0 Å². The van der Waals surface area contributed by atoms with Crippen molar-refractivity contribution in [2.75, 3.05) is 38.5 Å². The minimum atomic E-state index is -0.252. The lowest BCUT2D eigenvalue weighted by atomic mass is 9.99. The van der Waals surface area contributed by atoms with Crippen LogP contribution in [-0.2, 0) is 17.8 Å². The molecule has 0 saturated carbocycles. The van der Waals surface area contributed by atoms with Crippen LogP contribution < -0.4 is 5.32 Å². The Bertz CT molecular complexity index is 1200. The van der Waals surface area contributed by atoms with E-state index in [4.69, 9.17) is 0 Å². The number of carbonyl (C=O) groups excluding carboxylic acids is 2. The highest BCUT2D eigenvalue weighted by atomic mass is 16.1. The van der Waals surface area contributed by atoms with Crippen LogP contribution in [0.15, 0.2) is 73.1 Å². The molecular formula is C29H32N4O2. The molecule has 0 aliphatic carbocycles. The SMILES string of the molecule is Cc1ccc(C(=O)Cc2cccc(CN3CCN(C)CC3)c2)cc1NC(=O)/C=C/c1cccnc1. The van der Waals surface area contributed by atoms with Crippen molar-refractivity contribution < 1.29 is 9.59 Å². The minimum absolute atomic E-state index is 0.0307. The van der Waals surface area contributed by atoms with Crippen LogP contribution in [0.1, 0.15) is 32.6 Å². The van der Waals surface area contributed by atoms with Crippen molar-refractivity contribution >= 4 is 23.5 Å². The fourth-order valence-electron chi connectivity index (χ4n) is 4.14. The van der Waals surface area contributed by atoms with Gasteiger partial charge >= 0.3 is 0 Å². The van der Waals surface area contributed by atoms with Crippen LogP contribution in [0.2, 0.25) is 0 Å². The van der Waals surface area contributed by atoms with E-state index in [0.29, 0.717) is 17.7 Å². The number of aryl methyl sites for hydroxylation is 1. The molecule has 1 aromatic heterocycles. The summed E-state index contributed by atoms with van der Waals surface area (Å²) in [5.74, 6) is -0.221. The second-order valence-electron chi connectivity index (χ2n) is 9.14. The van der Waals surface area contributed by atoms with Crippen LogP contribution in [0, 0.1) is 6.92 Å². The van der Waals surface area contributed by atoms with Crippen molar-refractivity contribution in [1.82, 2.24) is 14.8 Å². The van der Waals surface area contributed by atoms with E-state index in [1.54, 1.807) is 24.5 Å². The number of likely N-dealkylation sites (N-methyl/N-ethyl adjacent to an activating group) is 1. The average Bonchev–Trinajstić information content (AvgIpc) is 2.86. The fraction of sp³-hybridized carbons (Fsp3) is 0.276. The van der Waals surface area contributed by atoms with Gasteiger partial charge in [0.05, 0.1) is 0 Å². The molecule has 0 radical (unpaired) electrons. The number of amides is 1. The first kappa shape index (κ1) is 24.5. The van der Waals surface area contributed by atoms with E-state index >= 15 is 0 Å². The van der Waals surface area contributed by atoms with Crippen LogP contribution in [-0.4, -0.2) is 59.7 Å². The summed E-state index contributed by atoms with van der Waals surface area (Å²) in [7, 11) is 2.16. The third-order valence-corrected chi connectivity index (χ3v) is 6.29. The average molecular weight is 469 g/mol. The molecule has 1 fully saturated rings. The number of piperazine rings is 1. The number of nitrogens with one attached hydrogen (secondary N) is 1. The van der Waals surface area contributed by atoms with Gasteiger partial charge in [-0.1, -0.05) is 42.5 Å². The number of hydrogen-bond donors (Lipinski definition) is 1. The monoisotopic (exact) mass is 468 g/mol. The molecule has 1 N–H and O–H groups in total. The van der Waals surface area contributed by atoms with E-state index in [2.05, 4.69) is 39.3 Å². The maximum absolute atomic E-state index is 13.1. The number of carbonyl (C=O) groups is 2. The second kappa shape index (κ2) is 11.7. The molecule has 0 unspecified atom stereocenters. The van der Waals surface area contributed by atoms with Gasteiger partial charge in [-0.3, -0.25) is 19.5 Å². The Labute approximate surface area is 207 Å². The summed E-state index contributed by atoms with van der Waals surface area (Å²) < 4.78 is 0. The molecule has 1 amide bonds. The molecule has 35 heavy (non-hydrogen) atoms. The van der Waals surface area contributed by atoms with E-state index in [9.17, 15) is 9.59 Å². The Hall–Kier alpha value is -3.61. The van der Waals surface area contributed by atoms with Gasteiger partial charge in [0.15, 0.2) is 5.78 Å². The first-order valence-electron chi connectivity index (χ1n) is 12.0. The molecule has 0 bridgehead atoms. The highest BCUT2D eigenvalue weighted by molar-refractivity contribution is 6.04. The largest absolute Gasteiger partial charge is 0.322 e. The van der Waals surface area contributed by atoms with Gasteiger partial charge < -0.3 is 10.2 Å². The third kappa shape index (κ3) is 7.18. The van der Waals surface area contributed by atoms with Crippen LogP contribution in [0.25, 0.3) is 6.08 Å². The molecule has 6 nitrogen and oxygen atoms in total. The number of ketones is 1. The normalized spacial score (nSPS) is 14.8. The summed E-state index contributed by atoms with van der Waals surface area (Å²) in [4.78, 5) is 34.3. The maximum atomic E-state index is 13.1. The molecule has 0 spiro atoms. The third-order valence-electron chi connectivity index (χ3n) is 6.29. The summed E-state index contributed by atoms with van der Waals surface area (Å²) in [5.41, 5.74) is 5.22. The van der Waals surface area contributed by atoms with Crippen molar-refractivity contribution in [3.05, 3.63) is 101 Å². The molecule has 1 aliphatic heterocycles. The zero-order valence-corrected chi connectivity index (χ0v) is 20.4. The Kier molecular flexibility index (Phi) is 8.19. The highest BCUT2D eigenvalue weighted by Crippen LogP contribution is 2.19. The lowest BCUT2D eigenvalue weighted by Gasteiger charge is -2.32. The number of rotatable bonds is 8. The number of Topliss-reactive ketones (excluding diaryl/α,β-unsaturated/α-hetero) is 1. The van der Waals surface area contributed by atoms with Gasteiger partial charge in [-0.2, -0.15) is 0 Å². The van der Waals surface area contributed by atoms with Crippen molar-refractivity contribution in [2.45, 2.75) is 19.9 Å². The van der Waals surface area contributed by atoms with E-state index in [1.165, 1.54) is 11.6 Å². The Morgan fingerprint density at radius 3 is 2.57 bits per heavy atom. The number of benzene rings is 2. The molecule has 2 heterocycles. The highest BCUT2D eigenvalue weighted by Gasteiger charge is 2.15. The van der Waals surface area contributed by atoms with Gasteiger partial charge in [0.25, 0.3) is 0 Å². The van der Waals surface area contributed by atoms with Crippen LogP contribution in [0.4, 0.5) is 5.69 Å². The van der Waals surface area contributed by atoms with Crippen molar-refractivity contribution in [2.24, 2.45) is 0 Å². The Morgan fingerprint density at radius 2 is 1.80 bits per heavy atom. The predicted octanol–water partition coefficient (Wildman–Crippen LogP) is 4.21. The van der Waals surface area contributed by atoms with Gasteiger partial charge in [0.1, 0.15) is 0 Å². The molecular weight excluding hydrogens is 436 g/mol. The zero-order valence-electron chi connectivity index (χ0n) is 20.4. The summed E-state index contributed by atoms with van der Waals surface area (Å²) in [5, 5.41) is 2.89. The summed E-state index contributed by atoms with van der Waals surface area (Å²) in [6.45, 7) is 7.12. The van der Waals surface area contributed by atoms with E-state index < -0.39 is 0 Å². The smallest absolute Gasteiger partial charge is 0.248 e. The van der Waals surface area contributed by atoms with E-state index in [-0.39, 0.29) is 11.7 Å². The molecule has 2 aromatic carbocycles. The Balaban J connectivity index is 1.38. The van der Waals surface area contributed by atoms with E-state index in [0.717, 1.165) is 49.4 Å². The van der Waals surface area contributed by atoms with Gasteiger partial charge in [-0.15, -0.1) is 0 Å². The first-order valence-corrected chi connectivity index (χ1v) is 12.0. The van der Waals surface area contributed by atoms with Gasteiger partial charge in [0, 0.05) is 68.9 Å². The van der Waals surface area contributed by atoms with Crippen LogP contribution in [0.3, 0.4) is 0 Å². The lowest BCUT2D eigenvalue weighted by molar-refractivity contribution is -0.111.